The molecule has 0 fully saturated rings. The summed E-state index contributed by atoms with van der Waals surface area (Å²) in [5.74, 6) is -0.828. The van der Waals surface area contributed by atoms with E-state index in [1.54, 1.807) is 48.5 Å². The first-order valence-electron chi connectivity index (χ1n) is 9.34. The molecular formula is C24H18Cl2N2O2. The number of nitrogens with one attached hydrogen (secondary N) is 1. The van der Waals surface area contributed by atoms with E-state index in [9.17, 15) is 9.59 Å². The SMILES string of the molecule is Cc1ccc(C)c(NC2=C(c3ccc(Cl)cc3)C(=O)N(c3ccc(Cl)cc3)C2=O)c1. The second-order valence-electron chi connectivity index (χ2n) is 7.12. The van der Waals surface area contributed by atoms with Gasteiger partial charge in [0, 0.05) is 15.7 Å². The number of aryl methyl sites for hydroxylation is 2. The lowest BCUT2D eigenvalue weighted by atomic mass is 10.0. The van der Waals surface area contributed by atoms with Crippen LogP contribution in [0.3, 0.4) is 0 Å². The second-order valence-corrected chi connectivity index (χ2v) is 8.00. The fourth-order valence-electron chi connectivity index (χ4n) is 3.36. The molecule has 1 N–H and O–H groups in total. The number of anilines is 2. The van der Waals surface area contributed by atoms with Crippen LogP contribution in [0.4, 0.5) is 11.4 Å². The average Bonchev–Trinajstić information content (AvgIpc) is 2.96. The van der Waals surface area contributed by atoms with Gasteiger partial charge in [-0.25, -0.2) is 4.90 Å². The maximum absolute atomic E-state index is 13.4. The van der Waals surface area contributed by atoms with Gasteiger partial charge in [0.2, 0.25) is 0 Å². The van der Waals surface area contributed by atoms with Gasteiger partial charge in [-0.15, -0.1) is 0 Å². The highest BCUT2D eigenvalue weighted by molar-refractivity contribution is 6.46. The lowest BCUT2D eigenvalue weighted by Gasteiger charge is -2.16. The van der Waals surface area contributed by atoms with E-state index in [4.69, 9.17) is 23.2 Å². The molecule has 1 aliphatic heterocycles. The predicted molar refractivity (Wildman–Crippen MR) is 122 cm³/mol. The lowest BCUT2D eigenvalue weighted by molar-refractivity contribution is -0.120. The zero-order chi connectivity index (χ0) is 21.4. The number of hydrogen-bond donors (Lipinski definition) is 1. The third-order valence-electron chi connectivity index (χ3n) is 4.95. The first-order chi connectivity index (χ1) is 14.3. The van der Waals surface area contributed by atoms with Crippen molar-refractivity contribution in [2.45, 2.75) is 13.8 Å². The number of halogens is 2. The van der Waals surface area contributed by atoms with Crippen molar-refractivity contribution >= 4 is 52.0 Å². The highest BCUT2D eigenvalue weighted by atomic mass is 35.5. The predicted octanol–water partition coefficient (Wildman–Crippen LogP) is 6.01. The van der Waals surface area contributed by atoms with Gasteiger partial charge in [0.15, 0.2) is 0 Å². The van der Waals surface area contributed by atoms with Crippen LogP contribution in [0, 0.1) is 13.8 Å². The maximum atomic E-state index is 13.4. The Morgan fingerprint density at radius 1 is 0.767 bits per heavy atom. The van der Waals surface area contributed by atoms with Crippen LogP contribution in [0.15, 0.2) is 72.4 Å². The smallest absolute Gasteiger partial charge is 0.282 e. The first-order valence-corrected chi connectivity index (χ1v) is 10.1. The van der Waals surface area contributed by atoms with Gasteiger partial charge in [-0.3, -0.25) is 9.59 Å². The Morgan fingerprint density at radius 3 is 2.00 bits per heavy atom. The largest absolute Gasteiger partial charge is 0.350 e. The second kappa shape index (κ2) is 7.98. The van der Waals surface area contributed by atoms with Crippen molar-refractivity contribution in [2.24, 2.45) is 0 Å². The molecule has 4 nitrogen and oxygen atoms in total. The molecule has 6 heteroatoms. The van der Waals surface area contributed by atoms with Crippen LogP contribution in [0.5, 0.6) is 0 Å². The maximum Gasteiger partial charge on any atom is 0.282 e. The van der Waals surface area contributed by atoms with Crippen molar-refractivity contribution in [1.82, 2.24) is 0 Å². The lowest BCUT2D eigenvalue weighted by Crippen LogP contribution is -2.32. The van der Waals surface area contributed by atoms with E-state index in [1.807, 2.05) is 32.0 Å². The minimum atomic E-state index is -0.423. The number of imide groups is 1. The van der Waals surface area contributed by atoms with Crippen molar-refractivity contribution in [1.29, 1.82) is 0 Å². The summed E-state index contributed by atoms with van der Waals surface area (Å²) in [5, 5.41) is 4.29. The Labute approximate surface area is 184 Å². The summed E-state index contributed by atoms with van der Waals surface area (Å²) in [4.78, 5) is 27.9. The Bertz CT molecular complexity index is 1180. The molecule has 0 saturated carbocycles. The first kappa shape index (κ1) is 20.2. The van der Waals surface area contributed by atoms with E-state index < -0.39 is 11.8 Å². The molecule has 0 aromatic heterocycles. The van der Waals surface area contributed by atoms with Crippen LogP contribution >= 0.6 is 23.2 Å². The summed E-state index contributed by atoms with van der Waals surface area (Å²) in [7, 11) is 0. The Morgan fingerprint density at radius 2 is 1.37 bits per heavy atom. The molecule has 30 heavy (non-hydrogen) atoms. The Hall–Kier alpha value is -3.08. The number of carbonyl (C=O) groups is 2. The molecule has 1 aliphatic rings. The van der Waals surface area contributed by atoms with Crippen LogP contribution < -0.4 is 10.2 Å². The van der Waals surface area contributed by atoms with Gasteiger partial charge < -0.3 is 5.32 Å². The summed E-state index contributed by atoms with van der Waals surface area (Å²) in [6.07, 6.45) is 0. The van der Waals surface area contributed by atoms with Crippen molar-refractivity contribution in [3.63, 3.8) is 0 Å². The number of carbonyl (C=O) groups excluding carboxylic acids is 2. The summed E-state index contributed by atoms with van der Waals surface area (Å²) < 4.78 is 0. The van der Waals surface area contributed by atoms with Gasteiger partial charge in [0.25, 0.3) is 11.8 Å². The van der Waals surface area contributed by atoms with Crippen molar-refractivity contribution in [2.75, 3.05) is 10.2 Å². The highest BCUT2D eigenvalue weighted by Gasteiger charge is 2.40. The molecule has 2 amide bonds. The molecule has 0 spiro atoms. The van der Waals surface area contributed by atoms with Crippen LogP contribution in [0.25, 0.3) is 5.57 Å². The van der Waals surface area contributed by atoms with Crippen LogP contribution in [0.2, 0.25) is 10.0 Å². The van der Waals surface area contributed by atoms with Gasteiger partial charge in [0.05, 0.1) is 11.3 Å². The van der Waals surface area contributed by atoms with Crippen LogP contribution in [-0.4, -0.2) is 11.8 Å². The van der Waals surface area contributed by atoms with Gasteiger partial charge >= 0.3 is 0 Å². The molecule has 4 rings (SSSR count). The molecule has 1 heterocycles. The minimum Gasteiger partial charge on any atom is -0.350 e. The highest BCUT2D eigenvalue weighted by Crippen LogP contribution is 2.35. The van der Waals surface area contributed by atoms with E-state index in [-0.39, 0.29) is 5.70 Å². The zero-order valence-corrected chi connectivity index (χ0v) is 17.9. The van der Waals surface area contributed by atoms with Crippen LogP contribution in [0.1, 0.15) is 16.7 Å². The van der Waals surface area contributed by atoms with Crippen molar-refractivity contribution < 1.29 is 9.59 Å². The van der Waals surface area contributed by atoms with Crippen molar-refractivity contribution in [3.05, 3.63) is 99.2 Å². The van der Waals surface area contributed by atoms with Gasteiger partial charge in [-0.2, -0.15) is 0 Å². The number of rotatable bonds is 4. The standard InChI is InChI=1S/C24H18Cl2N2O2/c1-14-3-4-15(2)20(13-14)27-22-21(16-5-7-17(25)8-6-16)23(29)28(24(22)30)19-11-9-18(26)10-12-19/h3-13,27H,1-2H3. The van der Waals surface area contributed by atoms with E-state index in [1.165, 1.54) is 0 Å². The van der Waals surface area contributed by atoms with Gasteiger partial charge in [-0.05, 0) is 73.0 Å². The van der Waals surface area contributed by atoms with Crippen LogP contribution in [-0.2, 0) is 9.59 Å². The van der Waals surface area contributed by atoms with E-state index in [0.29, 0.717) is 26.9 Å². The molecule has 0 unspecified atom stereocenters. The molecule has 0 aliphatic carbocycles. The summed E-state index contributed by atoms with van der Waals surface area (Å²) >= 11 is 12.0. The summed E-state index contributed by atoms with van der Waals surface area (Å²) in [6.45, 7) is 3.92. The molecular weight excluding hydrogens is 419 g/mol. The number of hydrogen-bond acceptors (Lipinski definition) is 3. The van der Waals surface area contributed by atoms with Crippen molar-refractivity contribution in [3.8, 4) is 0 Å². The Balaban J connectivity index is 1.84. The zero-order valence-electron chi connectivity index (χ0n) is 16.4. The molecule has 0 atom stereocenters. The average molecular weight is 437 g/mol. The molecule has 0 bridgehead atoms. The molecule has 3 aromatic rings. The number of benzene rings is 3. The molecule has 0 saturated heterocycles. The summed E-state index contributed by atoms with van der Waals surface area (Å²) in [6, 6.07) is 19.4. The Kier molecular flexibility index (Phi) is 5.37. The molecule has 3 aromatic carbocycles. The molecule has 150 valence electrons. The molecule has 0 radical (unpaired) electrons. The monoisotopic (exact) mass is 436 g/mol. The fourth-order valence-corrected chi connectivity index (χ4v) is 3.61. The number of nitrogens with zero attached hydrogens (tertiary/aromatic N) is 1. The van der Waals surface area contributed by atoms with Gasteiger partial charge in [0.1, 0.15) is 5.70 Å². The summed E-state index contributed by atoms with van der Waals surface area (Å²) in [5.41, 5.74) is 4.38. The van der Waals surface area contributed by atoms with E-state index in [2.05, 4.69) is 5.32 Å². The quantitative estimate of drug-likeness (QED) is 0.509. The normalized spacial score (nSPS) is 13.9. The third kappa shape index (κ3) is 3.72. The van der Waals surface area contributed by atoms with Gasteiger partial charge in [-0.1, -0.05) is 47.5 Å². The third-order valence-corrected chi connectivity index (χ3v) is 5.46. The van der Waals surface area contributed by atoms with E-state index in [0.717, 1.165) is 21.7 Å². The minimum absolute atomic E-state index is 0.228. The number of amides is 2. The topological polar surface area (TPSA) is 49.4 Å². The fraction of sp³-hybridized carbons (Fsp3) is 0.0833. The van der Waals surface area contributed by atoms with E-state index >= 15 is 0 Å².